The summed E-state index contributed by atoms with van der Waals surface area (Å²) in [6.45, 7) is 3.92. The van der Waals surface area contributed by atoms with Crippen LogP contribution in [0.4, 0.5) is 0 Å². The first kappa shape index (κ1) is 13.9. The van der Waals surface area contributed by atoms with Crippen LogP contribution in [0.3, 0.4) is 0 Å². The summed E-state index contributed by atoms with van der Waals surface area (Å²) >= 11 is 0. The van der Waals surface area contributed by atoms with Crippen LogP contribution in [0.1, 0.15) is 50.3 Å². The number of carbonyl (C=O) groups is 1. The molecule has 0 fully saturated rings. The topological polar surface area (TPSA) is 35.5 Å². The average Bonchev–Trinajstić information content (AvgIpc) is 2.45. The second kappa shape index (κ2) is 6.09. The Kier molecular flexibility index (Phi) is 4.46. The van der Waals surface area contributed by atoms with E-state index in [4.69, 9.17) is 9.47 Å². The smallest absolute Gasteiger partial charge is 0.309 e. The van der Waals surface area contributed by atoms with Crippen LogP contribution in [0.2, 0.25) is 0 Å². The zero-order valence-corrected chi connectivity index (χ0v) is 11.9. The maximum absolute atomic E-state index is 11.9. The van der Waals surface area contributed by atoms with Crippen LogP contribution in [-0.4, -0.2) is 13.1 Å². The minimum absolute atomic E-state index is 0.0244. The molecular formula is C16H22O3. The third kappa shape index (κ3) is 3.09. The van der Waals surface area contributed by atoms with Crippen molar-refractivity contribution < 1.29 is 14.3 Å². The van der Waals surface area contributed by atoms with E-state index < -0.39 is 0 Å². The van der Waals surface area contributed by atoms with Crippen molar-refractivity contribution in [2.75, 3.05) is 7.11 Å². The van der Waals surface area contributed by atoms with E-state index in [2.05, 4.69) is 6.07 Å². The molecule has 1 aromatic rings. The van der Waals surface area contributed by atoms with Crippen molar-refractivity contribution in [3.8, 4) is 5.75 Å². The van der Waals surface area contributed by atoms with Crippen LogP contribution < -0.4 is 4.74 Å². The summed E-state index contributed by atoms with van der Waals surface area (Å²) in [5.74, 6) is 0.757. The van der Waals surface area contributed by atoms with Gasteiger partial charge in [0.25, 0.3) is 0 Å². The van der Waals surface area contributed by atoms with Gasteiger partial charge in [-0.15, -0.1) is 0 Å². The molecule has 3 heteroatoms. The Labute approximate surface area is 114 Å². The highest BCUT2D eigenvalue weighted by Crippen LogP contribution is 2.35. The molecule has 0 saturated carbocycles. The lowest BCUT2D eigenvalue weighted by molar-refractivity contribution is -0.154. The molecule has 0 heterocycles. The molecule has 19 heavy (non-hydrogen) atoms. The molecule has 2 atom stereocenters. The van der Waals surface area contributed by atoms with Crippen molar-refractivity contribution in [2.45, 2.75) is 45.6 Å². The van der Waals surface area contributed by atoms with Gasteiger partial charge in [-0.1, -0.05) is 19.9 Å². The van der Waals surface area contributed by atoms with Gasteiger partial charge in [-0.05, 0) is 48.9 Å². The first-order valence-electron chi connectivity index (χ1n) is 7.03. The average molecular weight is 262 g/mol. The Morgan fingerprint density at radius 3 is 2.95 bits per heavy atom. The van der Waals surface area contributed by atoms with Crippen LogP contribution in [0.15, 0.2) is 18.2 Å². The molecule has 0 aromatic heterocycles. The largest absolute Gasteiger partial charge is 0.497 e. The lowest BCUT2D eigenvalue weighted by Gasteiger charge is -2.26. The second-order valence-electron chi connectivity index (χ2n) is 5.19. The molecule has 0 N–H and O–H groups in total. The highest BCUT2D eigenvalue weighted by molar-refractivity contribution is 5.72. The number of esters is 1. The fraction of sp³-hybridized carbons (Fsp3) is 0.562. The van der Waals surface area contributed by atoms with E-state index in [1.165, 1.54) is 5.56 Å². The Hall–Kier alpha value is -1.51. The van der Waals surface area contributed by atoms with E-state index in [0.717, 1.165) is 37.0 Å². The summed E-state index contributed by atoms with van der Waals surface area (Å²) < 4.78 is 10.9. The Bertz CT molecular complexity index is 453. The summed E-state index contributed by atoms with van der Waals surface area (Å²) in [6, 6.07) is 6.02. The van der Waals surface area contributed by atoms with Gasteiger partial charge in [-0.3, -0.25) is 4.79 Å². The van der Waals surface area contributed by atoms with Crippen molar-refractivity contribution >= 4 is 5.97 Å². The lowest BCUT2D eigenvalue weighted by Crippen LogP contribution is -2.20. The molecule has 0 spiro atoms. The van der Waals surface area contributed by atoms with Gasteiger partial charge in [0.15, 0.2) is 0 Å². The Balaban J connectivity index is 2.16. The predicted octanol–water partition coefficient (Wildman–Crippen LogP) is 3.66. The van der Waals surface area contributed by atoms with Crippen LogP contribution in [-0.2, 0) is 16.0 Å². The molecule has 0 radical (unpaired) electrons. The highest BCUT2D eigenvalue weighted by Gasteiger charge is 2.25. The molecule has 0 amide bonds. The van der Waals surface area contributed by atoms with E-state index in [9.17, 15) is 4.79 Å². The molecule has 2 unspecified atom stereocenters. The highest BCUT2D eigenvalue weighted by atomic mass is 16.5. The van der Waals surface area contributed by atoms with E-state index in [1.807, 2.05) is 26.0 Å². The predicted molar refractivity (Wildman–Crippen MR) is 74.2 cm³/mol. The van der Waals surface area contributed by atoms with Crippen LogP contribution in [0, 0.1) is 5.92 Å². The van der Waals surface area contributed by atoms with E-state index in [-0.39, 0.29) is 18.0 Å². The maximum atomic E-state index is 11.9. The van der Waals surface area contributed by atoms with E-state index in [0.29, 0.717) is 0 Å². The molecule has 0 bridgehead atoms. The van der Waals surface area contributed by atoms with Crippen LogP contribution in [0.25, 0.3) is 0 Å². The number of fused-ring (bicyclic) bond motifs is 1. The molecule has 2 rings (SSSR count). The fourth-order valence-corrected chi connectivity index (χ4v) is 2.42. The third-order valence-electron chi connectivity index (χ3n) is 3.88. The minimum atomic E-state index is -0.0869. The van der Waals surface area contributed by atoms with Crippen molar-refractivity contribution in [2.24, 2.45) is 5.92 Å². The van der Waals surface area contributed by atoms with Crippen molar-refractivity contribution in [3.05, 3.63) is 29.3 Å². The van der Waals surface area contributed by atoms with Crippen molar-refractivity contribution in [1.82, 2.24) is 0 Å². The number of hydrogen-bond donors (Lipinski definition) is 0. The van der Waals surface area contributed by atoms with Gasteiger partial charge in [-0.25, -0.2) is 0 Å². The maximum Gasteiger partial charge on any atom is 0.309 e. The van der Waals surface area contributed by atoms with Gasteiger partial charge in [0.1, 0.15) is 11.9 Å². The first-order chi connectivity index (χ1) is 9.15. The fourth-order valence-electron chi connectivity index (χ4n) is 2.42. The van der Waals surface area contributed by atoms with Crippen LogP contribution in [0.5, 0.6) is 5.75 Å². The second-order valence-corrected chi connectivity index (χ2v) is 5.19. The number of rotatable bonds is 4. The van der Waals surface area contributed by atoms with Crippen LogP contribution >= 0.6 is 0 Å². The Morgan fingerprint density at radius 2 is 2.26 bits per heavy atom. The van der Waals surface area contributed by atoms with Gasteiger partial charge >= 0.3 is 5.97 Å². The number of carbonyl (C=O) groups excluding carboxylic acids is 1. The first-order valence-corrected chi connectivity index (χ1v) is 7.03. The zero-order chi connectivity index (χ0) is 13.8. The van der Waals surface area contributed by atoms with Crippen molar-refractivity contribution in [1.29, 1.82) is 0 Å². The molecule has 1 aromatic carbocycles. The summed E-state index contributed by atoms with van der Waals surface area (Å²) in [4.78, 5) is 11.9. The molecule has 104 valence electrons. The van der Waals surface area contributed by atoms with Gasteiger partial charge in [0.05, 0.1) is 13.0 Å². The normalized spacial score (nSPS) is 19.4. The minimum Gasteiger partial charge on any atom is -0.497 e. The summed E-state index contributed by atoms with van der Waals surface area (Å²) in [6.07, 6.45) is 3.74. The third-order valence-corrected chi connectivity index (χ3v) is 3.88. The zero-order valence-electron chi connectivity index (χ0n) is 11.9. The van der Waals surface area contributed by atoms with Gasteiger partial charge < -0.3 is 9.47 Å². The molecular weight excluding hydrogens is 240 g/mol. The van der Waals surface area contributed by atoms with E-state index in [1.54, 1.807) is 7.11 Å². The number of hydrogen-bond acceptors (Lipinski definition) is 3. The molecule has 0 aliphatic heterocycles. The summed E-state index contributed by atoms with van der Waals surface area (Å²) in [7, 11) is 1.67. The quantitative estimate of drug-likeness (QED) is 0.777. The number of benzene rings is 1. The standard InChI is InChI=1S/C16H22O3/c1-4-11(2)16(17)19-15-7-5-6-12-10-13(18-3)8-9-14(12)15/h8-11,15H,4-7H2,1-3H3. The monoisotopic (exact) mass is 262 g/mol. The lowest BCUT2D eigenvalue weighted by atomic mass is 9.89. The number of ether oxygens (including phenoxy) is 2. The summed E-state index contributed by atoms with van der Waals surface area (Å²) in [5.41, 5.74) is 2.39. The molecule has 0 saturated heterocycles. The molecule has 3 nitrogen and oxygen atoms in total. The van der Waals surface area contributed by atoms with E-state index >= 15 is 0 Å². The van der Waals surface area contributed by atoms with Gasteiger partial charge in [0, 0.05) is 0 Å². The Morgan fingerprint density at radius 1 is 1.47 bits per heavy atom. The number of methoxy groups -OCH3 is 1. The summed E-state index contributed by atoms with van der Waals surface area (Å²) in [5, 5.41) is 0. The van der Waals surface area contributed by atoms with Gasteiger partial charge in [0.2, 0.25) is 0 Å². The number of aryl methyl sites for hydroxylation is 1. The molecule has 1 aliphatic rings. The molecule has 1 aliphatic carbocycles. The van der Waals surface area contributed by atoms with Gasteiger partial charge in [-0.2, -0.15) is 0 Å². The SMILES string of the molecule is CCC(C)C(=O)OC1CCCc2cc(OC)ccc21. The van der Waals surface area contributed by atoms with Crippen molar-refractivity contribution in [3.63, 3.8) is 0 Å².